The molecule has 2 aromatic rings. The lowest BCUT2D eigenvalue weighted by molar-refractivity contribution is 0.271. The van der Waals surface area contributed by atoms with E-state index < -0.39 is 0 Å². The first kappa shape index (κ1) is 14.2. The van der Waals surface area contributed by atoms with E-state index in [1.807, 2.05) is 24.3 Å². The van der Waals surface area contributed by atoms with Crippen molar-refractivity contribution in [3.05, 3.63) is 65.7 Å². The van der Waals surface area contributed by atoms with Gasteiger partial charge in [0.1, 0.15) is 0 Å². The summed E-state index contributed by atoms with van der Waals surface area (Å²) in [5, 5.41) is 0. The second-order valence-electron chi connectivity index (χ2n) is 4.66. The molecule has 3 heteroatoms. The molecule has 0 atom stereocenters. The zero-order chi connectivity index (χ0) is 14.2. The van der Waals surface area contributed by atoms with Crippen LogP contribution in [0, 0.1) is 0 Å². The SMILES string of the molecule is CCN(Cc1ccccc1)Cc1cccc(N=C=O)c1. The normalized spacial score (nSPS) is 10.3. The maximum Gasteiger partial charge on any atom is 0.240 e. The van der Waals surface area contributed by atoms with E-state index in [0.717, 1.165) is 25.2 Å². The first-order chi connectivity index (χ1) is 9.81. The van der Waals surface area contributed by atoms with E-state index >= 15 is 0 Å². The van der Waals surface area contributed by atoms with Crippen molar-refractivity contribution in [2.45, 2.75) is 20.0 Å². The predicted molar refractivity (Wildman–Crippen MR) is 80.5 cm³/mol. The second-order valence-corrected chi connectivity index (χ2v) is 4.66. The summed E-state index contributed by atoms with van der Waals surface area (Å²) in [6.45, 7) is 4.87. The Balaban J connectivity index is 2.06. The number of hydrogen-bond acceptors (Lipinski definition) is 3. The Bertz CT molecular complexity index is 589. The molecule has 0 heterocycles. The van der Waals surface area contributed by atoms with Crippen LogP contribution in [0.25, 0.3) is 0 Å². The minimum absolute atomic E-state index is 0.660. The van der Waals surface area contributed by atoms with E-state index in [1.165, 1.54) is 5.56 Å². The van der Waals surface area contributed by atoms with Crippen LogP contribution in [0.4, 0.5) is 5.69 Å². The molecule has 0 spiro atoms. The highest BCUT2D eigenvalue weighted by Gasteiger charge is 2.05. The van der Waals surface area contributed by atoms with Crippen LogP contribution in [0.5, 0.6) is 0 Å². The molecule has 0 unspecified atom stereocenters. The number of nitrogens with zero attached hydrogens (tertiary/aromatic N) is 2. The van der Waals surface area contributed by atoms with Crippen LogP contribution >= 0.6 is 0 Å². The molecule has 0 N–H and O–H groups in total. The van der Waals surface area contributed by atoms with Gasteiger partial charge in [0, 0.05) is 13.1 Å². The van der Waals surface area contributed by atoms with Gasteiger partial charge in [-0.15, -0.1) is 0 Å². The Hall–Kier alpha value is -2.22. The minimum Gasteiger partial charge on any atom is -0.295 e. The zero-order valence-corrected chi connectivity index (χ0v) is 11.6. The lowest BCUT2D eigenvalue weighted by Crippen LogP contribution is -2.22. The molecule has 2 aromatic carbocycles. The zero-order valence-electron chi connectivity index (χ0n) is 11.6. The van der Waals surface area contributed by atoms with Crippen molar-refractivity contribution < 1.29 is 4.79 Å². The number of rotatable bonds is 6. The van der Waals surface area contributed by atoms with Crippen LogP contribution in [0.15, 0.2) is 59.6 Å². The fourth-order valence-corrected chi connectivity index (χ4v) is 2.16. The fourth-order valence-electron chi connectivity index (χ4n) is 2.16. The Labute approximate surface area is 119 Å². The lowest BCUT2D eigenvalue weighted by atomic mass is 10.1. The first-order valence-corrected chi connectivity index (χ1v) is 6.75. The molecular formula is C17H18N2O. The molecule has 0 fully saturated rings. The van der Waals surface area contributed by atoms with Gasteiger partial charge in [-0.3, -0.25) is 4.90 Å². The highest BCUT2D eigenvalue weighted by Crippen LogP contribution is 2.16. The Morgan fingerprint density at radius 2 is 1.70 bits per heavy atom. The number of benzene rings is 2. The van der Waals surface area contributed by atoms with E-state index in [2.05, 4.69) is 47.1 Å². The van der Waals surface area contributed by atoms with E-state index in [9.17, 15) is 4.79 Å². The summed E-state index contributed by atoms with van der Waals surface area (Å²) in [5.41, 5.74) is 3.11. The topological polar surface area (TPSA) is 32.7 Å². The van der Waals surface area contributed by atoms with Crippen LogP contribution in [-0.2, 0) is 17.9 Å². The van der Waals surface area contributed by atoms with E-state index in [1.54, 1.807) is 6.08 Å². The molecule has 20 heavy (non-hydrogen) atoms. The summed E-state index contributed by atoms with van der Waals surface area (Å²) >= 11 is 0. The molecule has 0 aliphatic rings. The van der Waals surface area contributed by atoms with Crippen molar-refractivity contribution in [3.8, 4) is 0 Å². The van der Waals surface area contributed by atoms with Crippen LogP contribution < -0.4 is 0 Å². The van der Waals surface area contributed by atoms with Crippen LogP contribution in [0.1, 0.15) is 18.1 Å². The molecular weight excluding hydrogens is 248 g/mol. The van der Waals surface area contributed by atoms with Crippen molar-refractivity contribution in [1.29, 1.82) is 0 Å². The number of isocyanates is 1. The average molecular weight is 266 g/mol. The quantitative estimate of drug-likeness (QED) is 0.590. The van der Waals surface area contributed by atoms with Gasteiger partial charge in [-0.25, -0.2) is 4.79 Å². The Morgan fingerprint density at radius 1 is 1.00 bits per heavy atom. The first-order valence-electron chi connectivity index (χ1n) is 6.75. The molecule has 0 saturated heterocycles. The van der Waals surface area contributed by atoms with Crippen molar-refractivity contribution in [2.24, 2.45) is 4.99 Å². The van der Waals surface area contributed by atoms with E-state index in [0.29, 0.717) is 5.69 Å². The molecule has 2 rings (SSSR count). The monoisotopic (exact) mass is 266 g/mol. The molecule has 102 valence electrons. The largest absolute Gasteiger partial charge is 0.295 e. The highest BCUT2D eigenvalue weighted by molar-refractivity contribution is 5.49. The average Bonchev–Trinajstić information content (AvgIpc) is 2.48. The molecule has 0 bridgehead atoms. The second kappa shape index (κ2) is 7.39. The van der Waals surface area contributed by atoms with Crippen molar-refractivity contribution in [2.75, 3.05) is 6.54 Å². The highest BCUT2D eigenvalue weighted by atomic mass is 16.1. The number of aliphatic imine (C=N–C) groups is 1. The van der Waals surface area contributed by atoms with Gasteiger partial charge in [0.15, 0.2) is 0 Å². The molecule has 3 nitrogen and oxygen atoms in total. The van der Waals surface area contributed by atoms with Crippen LogP contribution in [-0.4, -0.2) is 17.5 Å². The Morgan fingerprint density at radius 3 is 2.40 bits per heavy atom. The third kappa shape index (κ3) is 4.16. The smallest absolute Gasteiger partial charge is 0.240 e. The van der Waals surface area contributed by atoms with Gasteiger partial charge >= 0.3 is 0 Å². The molecule has 0 aliphatic carbocycles. The summed E-state index contributed by atoms with van der Waals surface area (Å²) in [6.07, 6.45) is 1.58. The maximum atomic E-state index is 10.3. The van der Waals surface area contributed by atoms with E-state index in [4.69, 9.17) is 0 Å². The van der Waals surface area contributed by atoms with Crippen molar-refractivity contribution in [3.63, 3.8) is 0 Å². The molecule has 0 aromatic heterocycles. The summed E-state index contributed by atoms with van der Waals surface area (Å²) < 4.78 is 0. The van der Waals surface area contributed by atoms with Gasteiger partial charge < -0.3 is 0 Å². The minimum atomic E-state index is 0.660. The number of hydrogen-bond donors (Lipinski definition) is 0. The molecule has 0 saturated carbocycles. The van der Waals surface area contributed by atoms with Gasteiger partial charge in [0.05, 0.1) is 5.69 Å². The third-order valence-electron chi connectivity index (χ3n) is 3.19. The summed E-state index contributed by atoms with van der Waals surface area (Å²) in [4.78, 5) is 16.3. The third-order valence-corrected chi connectivity index (χ3v) is 3.19. The van der Waals surface area contributed by atoms with Gasteiger partial charge in [0.25, 0.3) is 0 Å². The van der Waals surface area contributed by atoms with Crippen LogP contribution in [0.3, 0.4) is 0 Å². The summed E-state index contributed by atoms with van der Waals surface area (Å²) in [5.74, 6) is 0. The van der Waals surface area contributed by atoms with Crippen LogP contribution in [0.2, 0.25) is 0 Å². The molecule has 0 radical (unpaired) electrons. The summed E-state index contributed by atoms with van der Waals surface area (Å²) in [7, 11) is 0. The van der Waals surface area contributed by atoms with Gasteiger partial charge in [-0.1, -0.05) is 49.4 Å². The lowest BCUT2D eigenvalue weighted by Gasteiger charge is -2.20. The maximum absolute atomic E-state index is 10.3. The Kier molecular flexibility index (Phi) is 5.24. The molecule has 0 amide bonds. The van der Waals surface area contributed by atoms with Crippen molar-refractivity contribution in [1.82, 2.24) is 4.90 Å². The van der Waals surface area contributed by atoms with Crippen molar-refractivity contribution >= 4 is 11.8 Å². The number of carbonyl (C=O) groups excluding carboxylic acids is 1. The van der Waals surface area contributed by atoms with Gasteiger partial charge in [-0.05, 0) is 29.8 Å². The van der Waals surface area contributed by atoms with Gasteiger partial charge in [-0.2, -0.15) is 4.99 Å². The molecule has 0 aliphatic heterocycles. The van der Waals surface area contributed by atoms with Gasteiger partial charge in [0.2, 0.25) is 6.08 Å². The van der Waals surface area contributed by atoms with E-state index in [-0.39, 0.29) is 0 Å². The standard InChI is InChI=1S/C17H18N2O/c1-2-19(12-15-7-4-3-5-8-15)13-16-9-6-10-17(11-16)18-14-20/h3-11H,2,12-13H2,1H3. The predicted octanol–water partition coefficient (Wildman–Crippen LogP) is 3.68. The summed E-state index contributed by atoms with van der Waals surface area (Å²) in [6, 6.07) is 18.1. The fraction of sp³-hybridized carbons (Fsp3) is 0.235.